The molecule has 4 aromatic rings. The Labute approximate surface area is 204 Å². The molecule has 0 bridgehead atoms. The van der Waals surface area contributed by atoms with Gasteiger partial charge in [-0.05, 0) is 47.7 Å². The Kier molecular flexibility index (Phi) is 7.75. The predicted molar refractivity (Wildman–Crippen MR) is 137 cm³/mol. The summed E-state index contributed by atoms with van der Waals surface area (Å²) in [6.07, 6.45) is 4.49. The number of para-hydroxylation sites is 1. The second-order valence-electron chi connectivity index (χ2n) is 8.39. The topological polar surface area (TPSA) is 72.7 Å². The molecule has 2 aromatic heterocycles. The molecule has 34 heavy (non-hydrogen) atoms. The molecule has 2 aromatic carbocycles. The molecule has 1 N–H and O–H groups in total. The number of amides is 1. The van der Waals surface area contributed by atoms with E-state index in [1.165, 1.54) is 17.3 Å². The summed E-state index contributed by atoms with van der Waals surface area (Å²) >= 11 is 1.38. The highest BCUT2D eigenvalue weighted by molar-refractivity contribution is 7.99. The maximum atomic E-state index is 13.0. The van der Waals surface area contributed by atoms with E-state index in [4.69, 9.17) is 0 Å². The van der Waals surface area contributed by atoms with Crippen LogP contribution in [0.1, 0.15) is 37.9 Å². The molecule has 7 heteroatoms. The second-order valence-corrected chi connectivity index (χ2v) is 9.33. The summed E-state index contributed by atoms with van der Waals surface area (Å²) in [7, 11) is 0. The SMILES string of the molecule is CCc1ccc(C(NC(=O)CSc2nnc(-c3cccnc3)n2-c2ccccc2)C(C)C)cc1. The van der Waals surface area contributed by atoms with Crippen LogP contribution in [0.5, 0.6) is 0 Å². The molecule has 1 atom stereocenters. The monoisotopic (exact) mass is 471 g/mol. The van der Waals surface area contributed by atoms with Crippen LogP contribution in [0.2, 0.25) is 0 Å². The van der Waals surface area contributed by atoms with Gasteiger partial charge in [-0.1, -0.05) is 75.0 Å². The lowest BCUT2D eigenvalue weighted by atomic mass is 9.95. The van der Waals surface area contributed by atoms with E-state index in [2.05, 4.69) is 65.5 Å². The van der Waals surface area contributed by atoms with Gasteiger partial charge < -0.3 is 5.32 Å². The minimum absolute atomic E-state index is 0.0335. The van der Waals surface area contributed by atoms with Gasteiger partial charge in [0.15, 0.2) is 11.0 Å². The number of nitrogens with zero attached hydrogens (tertiary/aromatic N) is 4. The first kappa shape index (κ1) is 23.7. The molecule has 0 aliphatic rings. The van der Waals surface area contributed by atoms with Crippen LogP contribution in [0, 0.1) is 5.92 Å². The van der Waals surface area contributed by atoms with Gasteiger partial charge >= 0.3 is 0 Å². The molecule has 0 saturated heterocycles. The molecular weight excluding hydrogens is 442 g/mol. The Morgan fingerprint density at radius 2 is 1.76 bits per heavy atom. The number of nitrogens with one attached hydrogen (secondary N) is 1. The zero-order chi connectivity index (χ0) is 23.9. The number of benzene rings is 2. The van der Waals surface area contributed by atoms with E-state index in [0.717, 1.165) is 23.2 Å². The van der Waals surface area contributed by atoms with E-state index in [1.807, 2.05) is 47.0 Å². The van der Waals surface area contributed by atoms with Gasteiger partial charge in [0.2, 0.25) is 5.91 Å². The van der Waals surface area contributed by atoms with Crippen molar-refractivity contribution in [2.75, 3.05) is 5.75 Å². The number of aryl methyl sites for hydroxylation is 1. The van der Waals surface area contributed by atoms with Gasteiger partial charge in [0.25, 0.3) is 0 Å². The third-order valence-electron chi connectivity index (χ3n) is 5.63. The van der Waals surface area contributed by atoms with Gasteiger partial charge in [-0.3, -0.25) is 14.3 Å². The van der Waals surface area contributed by atoms with E-state index in [1.54, 1.807) is 12.4 Å². The minimum Gasteiger partial charge on any atom is -0.348 e. The summed E-state index contributed by atoms with van der Waals surface area (Å²) in [5.74, 6) is 1.17. The van der Waals surface area contributed by atoms with Crippen LogP contribution in [0.3, 0.4) is 0 Å². The fraction of sp³-hybridized carbons (Fsp3) is 0.259. The van der Waals surface area contributed by atoms with Crippen LogP contribution in [-0.4, -0.2) is 31.4 Å². The van der Waals surface area contributed by atoms with Crippen molar-refractivity contribution >= 4 is 17.7 Å². The molecule has 6 nitrogen and oxygen atoms in total. The van der Waals surface area contributed by atoms with Crippen molar-refractivity contribution in [3.05, 3.63) is 90.3 Å². The second kappa shape index (κ2) is 11.1. The first-order valence-electron chi connectivity index (χ1n) is 11.5. The number of carbonyl (C=O) groups is 1. The van der Waals surface area contributed by atoms with Crippen LogP contribution in [0.15, 0.2) is 84.3 Å². The van der Waals surface area contributed by atoms with Crippen molar-refractivity contribution in [3.63, 3.8) is 0 Å². The Bertz CT molecular complexity index is 1210. The highest BCUT2D eigenvalue weighted by atomic mass is 32.2. The van der Waals surface area contributed by atoms with E-state index in [-0.39, 0.29) is 23.6 Å². The van der Waals surface area contributed by atoms with E-state index < -0.39 is 0 Å². The number of rotatable bonds is 9. The third kappa shape index (κ3) is 5.54. The zero-order valence-corrected chi connectivity index (χ0v) is 20.5. The van der Waals surface area contributed by atoms with Gasteiger partial charge in [0.1, 0.15) is 0 Å². The standard InChI is InChI=1S/C27H29N5OS/c1-4-20-12-14-21(15-13-20)25(19(2)3)29-24(33)18-34-27-31-30-26(22-9-8-16-28-17-22)32(27)23-10-6-5-7-11-23/h5-17,19,25H,4,18H2,1-3H3,(H,29,33). The van der Waals surface area contributed by atoms with Crippen molar-refractivity contribution in [1.82, 2.24) is 25.1 Å². The highest BCUT2D eigenvalue weighted by Crippen LogP contribution is 2.28. The fourth-order valence-electron chi connectivity index (χ4n) is 3.80. The van der Waals surface area contributed by atoms with Gasteiger partial charge in [0.05, 0.1) is 11.8 Å². The molecule has 0 aliphatic heterocycles. The summed E-state index contributed by atoms with van der Waals surface area (Å²) in [6, 6.07) is 22.2. The fourth-order valence-corrected chi connectivity index (χ4v) is 4.56. The first-order valence-corrected chi connectivity index (χ1v) is 12.5. The summed E-state index contributed by atoms with van der Waals surface area (Å²) in [5, 5.41) is 12.7. The van der Waals surface area contributed by atoms with Crippen LogP contribution < -0.4 is 5.32 Å². The lowest BCUT2D eigenvalue weighted by Gasteiger charge is -2.23. The number of thioether (sulfide) groups is 1. The number of carbonyl (C=O) groups excluding carboxylic acids is 1. The maximum Gasteiger partial charge on any atom is 0.230 e. The highest BCUT2D eigenvalue weighted by Gasteiger charge is 2.21. The molecule has 0 spiro atoms. The lowest BCUT2D eigenvalue weighted by molar-refractivity contribution is -0.119. The molecule has 2 heterocycles. The zero-order valence-electron chi connectivity index (χ0n) is 19.7. The predicted octanol–water partition coefficient (Wildman–Crippen LogP) is 5.50. The summed E-state index contributed by atoms with van der Waals surface area (Å²) in [6.45, 7) is 6.39. The number of aromatic nitrogens is 4. The normalized spacial score (nSPS) is 12.0. The van der Waals surface area contributed by atoms with E-state index >= 15 is 0 Å². The molecule has 0 fully saturated rings. The summed E-state index contributed by atoms with van der Waals surface area (Å²) < 4.78 is 1.97. The number of hydrogen-bond acceptors (Lipinski definition) is 5. The summed E-state index contributed by atoms with van der Waals surface area (Å²) in [5.41, 5.74) is 4.21. The van der Waals surface area contributed by atoms with Gasteiger partial charge in [0, 0.05) is 23.6 Å². The van der Waals surface area contributed by atoms with Gasteiger partial charge in [-0.2, -0.15) is 0 Å². The van der Waals surface area contributed by atoms with Crippen LogP contribution in [-0.2, 0) is 11.2 Å². The molecule has 0 aliphatic carbocycles. The average Bonchev–Trinajstić information content (AvgIpc) is 3.31. The minimum atomic E-state index is -0.0445. The average molecular weight is 472 g/mol. The molecule has 1 unspecified atom stereocenters. The molecule has 1 amide bonds. The van der Waals surface area contributed by atoms with Crippen LogP contribution in [0.25, 0.3) is 17.1 Å². The van der Waals surface area contributed by atoms with Crippen molar-refractivity contribution < 1.29 is 4.79 Å². The van der Waals surface area contributed by atoms with Crippen molar-refractivity contribution in [2.45, 2.75) is 38.4 Å². The van der Waals surface area contributed by atoms with Gasteiger partial charge in [-0.25, -0.2) is 0 Å². The summed E-state index contributed by atoms with van der Waals surface area (Å²) in [4.78, 5) is 17.2. The Balaban J connectivity index is 1.52. The number of pyridine rings is 1. The molecule has 174 valence electrons. The van der Waals surface area contributed by atoms with Crippen LogP contribution in [0.4, 0.5) is 0 Å². The first-order chi connectivity index (χ1) is 16.6. The van der Waals surface area contributed by atoms with Crippen molar-refractivity contribution in [3.8, 4) is 17.1 Å². The maximum absolute atomic E-state index is 13.0. The lowest BCUT2D eigenvalue weighted by Crippen LogP contribution is -2.33. The third-order valence-corrected chi connectivity index (χ3v) is 6.56. The molecular formula is C27H29N5OS. The molecule has 0 radical (unpaired) electrons. The van der Waals surface area contributed by atoms with Gasteiger partial charge in [-0.15, -0.1) is 10.2 Å². The van der Waals surface area contributed by atoms with Crippen molar-refractivity contribution in [1.29, 1.82) is 0 Å². The molecule has 4 rings (SSSR count). The largest absolute Gasteiger partial charge is 0.348 e. The quantitative estimate of drug-likeness (QED) is 0.327. The van der Waals surface area contributed by atoms with E-state index in [0.29, 0.717) is 11.0 Å². The van der Waals surface area contributed by atoms with Crippen LogP contribution >= 0.6 is 11.8 Å². The smallest absolute Gasteiger partial charge is 0.230 e. The Morgan fingerprint density at radius 1 is 1.00 bits per heavy atom. The Morgan fingerprint density at radius 3 is 2.41 bits per heavy atom. The van der Waals surface area contributed by atoms with Crippen molar-refractivity contribution in [2.24, 2.45) is 5.92 Å². The number of hydrogen-bond donors (Lipinski definition) is 1. The van der Waals surface area contributed by atoms with E-state index in [9.17, 15) is 4.79 Å². The molecule has 0 saturated carbocycles. The Hall–Kier alpha value is -3.45.